The lowest BCUT2D eigenvalue weighted by atomic mass is 9.75. The number of imide groups is 1. The number of hydrogen-bond acceptors (Lipinski definition) is 7. The molecule has 1 N–H and O–H groups in total. The molecule has 2 aliphatic rings. The summed E-state index contributed by atoms with van der Waals surface area (Å²) in [6.45, 7) is 6.00. The van der Waals surface area contributed by atoms with Crippen LogP contribution in [-0.2, 0) is 30.5 Å². The van der Waals surface area contributed by atoms with Crippen molar-refractivity contribution >= 4 is 44.8 Å². The second-order valence-electron chi connectivity index (χ2n) is 9.84. The number of rotatable bonds is 12. The first-order valence-corrected chi connectivity index (χ1v) is 15.2. The average molecular weight is 567 g/mol. The monoisotopic (exact) mass is 566 g/mol. The molecule has 1 unspecified atom stereocenters. The predicted molar refractivity (Wildman–Crippen MR) is 146 cm³/mol. The van der Waals surface area contributed by atoms with Gasteiger partial charge in [-0.15, -0.1) is 11.6 Å². The zero-order valence-electron chi connectivity index (χ0n) is 22.4. The minimum absolute atomic E-state index is 0.0575. The van der Waals surface area contributed by atoms with E-state index in [1.165, 1.54) is 7.11 Å². The summed E-state index contributed by atoms with van der Waals surface area (Å²) >= 11 is 5.68. The molecule has 0 radical (unpaired) electrons. The molecule has 0 bridgehead atoms. The largest absolute Gasteiger partial charge is 0.494 e. The van der Waals surface area contributed by atoms with Crippen LogP contribution in [0.2, 0.25) is 0 Å². The lowest BCUT2D eigenvalue weighted by Crippen LogP contribution is -2.53. The summed E-state index contributed by atoms with van der Waals surface area (Å²) in [7, 11) is -2.14. The first kappa shape index (κ1) is 29.7. The number of anilines is 1. The summed E-state index contributed by atoms with van der Waals surface area (Å²) in [5.41, 5.74) is 0.112. The number of nitrogens with zero attached hydrogens (tertiary/aromatic N) is 1. The van der Waals surface area contributed by atoms with Gasteiger partial charge in [0, 0.05) is 18.1 Å². The zero-order chi connectivity index (χ0) is 28.3. The van der Waals surface area contributed by atoms with Gasteiger partial charge in [0.25, 0.3) is 11.8 Å². The van der Waals surface area contributed by atoms with Crippen molar-refractivity contribution in [3.8, 4) is 0 Å². The van der Waals surface area contributed by atoms with E-state index >= 15 is 0 Å². The highest BCUT2D eigenvalue weighted by atomic mass is 35.5. The van der Waals surface area contributed by atoms with Crippen molar-refractivity contribution in [1.29, 1.82) is 0 Å². The number of unbranched alkanes of at least 4 members (excludes halogenated alkanes) is 1. The fraction of sp³-hybridized carbons (Fsp3) is 0.519. The third-order valence-corrected chi connectivity index (χ3v) is 8.02. The summed E-state index contributed by atoms with van der Waals surface area (Å²) in [5.74, 6) is -1.54. The van der Waals surface area contributed by atoms with Gasteiger partial charge in [0.2, 0.25) is 5.91 Å². The van der Waals surface area contributed by atoms with Crippen LogP contribution in [0, 0.1) is 5.41 Å². The van der Waals surface area contributed by atoms with Crippen LogP contribution in [0.4, 0.5) is 5.69 Å². The summed E-state index contributed by atoms with van der Waals surface area (Å²) < 4.78 is 36.5. The van der Waals surface area contributed by atoms with E-state index in [2.05, 4.69) is 5.32 Å². The molecule has 1 heterocycles. The molecule has 2 atom stereocenters. The van der Waals surface area contributed by atoms with E-state index in [1.54, 1.807) is 31.2 Å². The smallest absolute Gasteiger partial charge is 0.263 e. The van der Waals surface area contributed by atoms with Crippen LogP contribution in [0.5, 0.6) is 0 Å². The van der Waals surface area contributed by atoms with Gasteiger partial charge >= 0.3 is 0 Å². The van der Waals surface area contributed by atoms with Gasteiger partial charge in [0.05, 0.1) is 42.3 Å². The van der Waals surface area contributed by atoms with Crippen molar-refractivity contribution in [2.45, 2.75) is 52.5 Å². The quantitative estimate of drug-likeness (QED) is 0.299. The summed E-state index contributed by atoms with van der Waals surface area (Å²) in [4.78, 5) is 41.2. The predicted octanol–water partition coefficient (Wildman–Crippen LogP) is 4.08. The Hall–Kier alpha value is -2.85. The van der Waals surface area contributed by atoms with Gasteiger partial charge in [-0.25, -0.2) is 8.42 Å². The van der Waals surface area contributed by atoms with Crippen molar-refractivity contribution in [3.63, 3.8) is 0 Å². The van der Waals surface area contributed by atoms with Crippen molar-refractivity contribution in [1.82, 2.24) is 4.90 Å². The number of alkyl halides is 1. The molecule has 1 aliphatic heterocycles. The fourth-order valence-electron chi connectivity index (χ4n) is 5.00. The van der Waals surface area contributed by atoms with Gasteiger partial charge in [-0.3, -0.25) is 19.3 Å². The second-order valence-corrected chi connectivity index (χ2v) is 12.3. The number of halogens is 1. The number of ether oxygens (including phenoxy) is 2. The number of sulfone groups is 1. The van der Waals surface area contributed by atoms with Crippen LogP contribution in [0.25, 0.3) is 0 Å². The molecule has 1 aromatic carbocycles. The summed E-state index contributed by atoms with van der Waals surface area (Å²) in [5, 5.41) is 2.61. The molecule has 0 saturated heterocycles. The Kier molecular flexibility index (Phi) is 9.30. The summed E-state index contributed by atoms with van der Waals surface area (Å²) in [6.07, 6.45) is 6.95. The number of aryl methyl sites for hydroxylation is 1. The van der Waals surface area contributed by atoms with Gasteiger partial charge in [-0.05, 0) is 37.5 Å². The number of benzene rings is 1. The van der Waals surface area contributed by atoms with Crippen LogP contribution in [0.1, 0.15) is 66.3 Å². The molecule has 0 aromatic heterocycles. The van der Waals surface area contributed by atoms with Gasteiger partial charge < -0.3 is 14.8 Å². The minimum atomic E-state index is -3.64. The Bertz CT molecular complexity index is 1290. The normalized spacial score (nSPS) is 20.0. The van der Waals surface area contributed by atoms with Crippen LogP contribution in [0.3, 0.4) is 0 Å². The molecule has 1 aromatic rings. The first-order valence-electron chi connectivity index (χ1n) is 12.6. The van der Waals surface area contributed by atoms with E-state index in [1.807, 2.05) is 13.8 Å². The molecule has 38 heavy (non-hydrogen) atoms. The molecule has 3 rings (SSSR count). The number of allylic oxidation sites excluding steroid dienone is 2. The van der Waals surface area contributed by atoms with E-state index in [0.717, 1.165) is 24.0 Å². The number of fused-ring (bicyclic) bond motifs is 1. The van der Waals surface area contributed by atoms with Gasteiger partial charge in [0.15, 0.2) is 5.76 Å². The third-order valence-electron chi connectivity index (χ3n) is 6.86. The van der Waals surface area contributed by atoms with E-state index in [0.29, 0.717) is 30.1 Å². The van der Waals surface area contributed by atoms with E-state index in [-0.39, 0.29) is 29.1 Å². The Labute approximate surface area is 229 Å². The van der Waals surface area contributed by atoms with Gasteiger partial charge in [-0.2, -0.15) is 0 Å². The van der Waals surface area contributed by atoms with Crippen molar-refractivity contribution < 1.29 is 32.3 Å². The lowest BCUT2D eigenvalue weighted by molar-refractivity contribution is -0.113. The average Bonchev–Trinajstić information content (AvgIpc) is 3.12. The molecule has 9 nitrogen and oxygen atoms in total. The number of methoxy groups -OCH3 is 1. The molecule has 1 aliphatic carbocycles. The molecule has 3 amide bonds. The molecule has 0 fully saturated rings. The van der Waals surface area contributed by atoms with E-state index in [9.17, 15) is 22.8 Å². The number of carbonyl (C=O) groups excluding carboxylic acids is 3. The van der Waals surface area contributed by atoms with Crippen molar-refractivity contribution in [2.24, 2.45) is 5.41 Å². The maximum Gasteiger partial charge on any atom is 0.263 e. The van der Waals surface area contributed by atoms with Crippen molar-refractivity contribution in [3.05, 3.63) is 52.5 Å². The first-order chi connectivity index (χ1) is 17.9. The van der Waals surface area contributed by atoms with Crippen LogP contribution in [-0.4, -0.2) is 68.7 Å². The maximum atomic E-state index is 14.0. The lowest BCUT2D eigenvalue weighted by Gasteiger charge is -2.41. The summed E-state index contributed by atoms with van der Waals surface area (Å²) in [6, 6.07) is 2.27. The highest BCUT2D eigenvalue weighted by Gasteiger charge is 2.50. The molecule has 11 heteroatoms. The van der Waals surface area contributed by atoms with E-state index in [4.69, 9.17) is 21.1 Å². The van der Waals surface area contributed by atoms with Gasteiger partial charge in [0.1, 0.15) is 21.5 Å². The van der Waals surface area contributed by atoms with Crippen molar-refractivity contribution in [2.75, 3.05) is 36.9 Å². The zero-order valence-corrected chi connectivity index (χ0v) is 24.0. The molecule has 0 saturated carbocycles. The Morgan fingerprint density at radius 3 is 2.47 bits per heavy atom. The van der Waals surface area contributed by atoms with Crippen LogP contribution in [0.15, 0.2) is 35.8 Å². The SMILES string of the molecule is CCCCc1ccc(NC(=O)CCl)c2c1C(=O)N([C@H](CS(C)(=O)=O)C1(C)C=CC(OC)=C(OCC)C1)C2=O. The fourth-order valence-corrected chi connectivity index (χ4v) is 6.17. The highest BCUT2D eigenvalue weighted by Crippen LogP contribution is 2.44. The second kappa shape index (κ2) is 11.9. The molecule has 0 spiro atoms. The Morgan fingerprint density at radius 1 is 1.21 bits per heavy atom. The minimum Gasteiger partial charge on any atom is -0.494 e. The maximum absolute atomic E-state index is 14.0. The topological polar surface area (TPSA) is 119 Å². The van der Waals surface area contributed by atoms with Gasteiger partial charge in [-0.1, -0.05) is 32.4 Å². The molecular weight excluding hydrogens is 532 g/mol. The van der Waals surface area contributed by atoms with E-state index < -0.39 is 44.8 Å². The highest BCUT2D eigenvalue weighted by molar-refractivity contribution is 7.90. The van der Waals surface area contributed by atoms with Crippen LogP contribution >= 0.6 is 11.6 Å². The third kappa shape index (κ3) is 6.07. The Morgan fingerprint density at radius 2 is 1.89 bits per heavy atom. The molecular formula is C27H35ClN2O7S. The van der Waals surface area contributed by atoms with Crippen LogP contribution < -0.4 is 5.32 Å². The number of carbonyl (C=O) groups is 3. The number of hydrogen-bond donors (Lipinski definition) is 1. The number of amides is 3. The number of nitrogens with one attached hydrogen (secondary N) is 1. The standard InChI is InChI=1S/C27H35ClN2O7S/c1-6-8-9-17-10-11-18(29-22(31)15-28)24-23(17)25(32)30(26(24)33)21(16-38(5,34)35)27(3)13-12-19(36-4)20(14-27)37-7-2/h10-13,21H,6-9,14-16H2,1-5H3,(H,29,31)/t21-,27?/m1/s1. The molecule has 208 valence electrons. The Balaban J connectivity index is 2.17.